The monoisotopic (exact) mass is 381 g/mol. The van der Waals surface area contributed by atoms with Crippen molar-refractivity contribution in [3.8, 4) is 17.5 Å². The van der Waals surface area contributed by atoms with Crippen molar-refractivity contribution in [2.45, 2.75) is 25.7 Å². The fourth-order valence-corrected chi connectivity index (χ4v) is 2.97. The van der Waals surface area contributed by atoms with Gasteiger partial charge in [-0.3, -0.25) is 4.57 Å². The first-order valence-corrected chi connectivity index (χ1v) is 8.81. The maximum Gasteiger partial charge on any atom is 0.415 e. The molecular formula is C20H19N3O5. The third-order valence-corrected chi connectivity index (χ3v) is 4.37. The Balaban J connectivity index is 1.30. The van der Waals surface area contributed by atoms with Crippen LogP contribution in [-0.4, -0.2) is 26.7 Å². The SMILES string of the molecule is CC1(COc2ccc(OCc3ccccc3)cc2)Cn2cc([N+](=O)[O-])nc2O1. The quantitative estimate of drug-likeness (QED) is 0.459. The predicted octanol–water partition coefficient (Wildman–Crippen LogP) is 3.60. The average Bonchev–Trinajstić information content (AvgIpc) is 3.22. The molecule has 1 aromatic heterocycles. The van der Waals surface area contributed by atoms with Crippen molar-refractivity contribution < 1.29 is 19.1 Å². The Bertz CT molecular complexity index is 946. The summed E-state index contributed by atoms with van der Waals surface area (Å²) in [5, 5.41) is 10.8. The van der Waals surface area contributed by atoms with E-state index in [-0.39, 0.29) is 18.4 Å². The molecule has 28 heavy (non-hydrogen) atoms. The lowest BCUT2D eigenvalue weighted by molar-refractivity contribution is -0.389. The van der Waals surface area contributed by atoms with Crippen molar-refractivity contribution in [3.05, 3.63) is 76.5 Å². The van der Waals surface area contributed by atoms with Gasteiger partial charge >= 0.3 is 11.8 Å². The number of ether oxygens (including phenoxy) is 3. The normalized spacial score (nSPS) is 17.6. The highest BCUT2D eigenvalue weighted by atomic mass is 16.6. The van der Waals surface area contributed by atoms with Gasteiger partial charge in [-0.15, -0.1) is 0 Å². The Morgan fingerprint density at radius 2 is 1.82 bits per heavy atom. The summed E-state index contributed by atoms with van der Waals surface area (Å²) >= 11 is 0. The Hall–Kier alpha value is -3.55. The number of hydrogen-bond donors (Lipinski definition) is 0. The highest BCUT2D eigenvalue weighted by Gasteiger charge is 2.41. The van der Waals surface area contributed by atoms with Crippen molar-refractivity contribution in [2.24, 2.45) is 0 Å². The van der Waals surface area contributed by atoms with Crippen molar-refractivity contribution in [2.75, 3.05) is 6.61 Å². The molecule has 0 saturated heterocycles. The summed E-state index contributed by atoms with van der Waals surface area (Å²) in [5.41, 5.74) is 0.465. The molecule has 0 bridgehead atoms. The van der Waals surface area contributed by atoms with E-state index in [1.54, 1.807) is 4.57 Å². The molecular weight excluding hydrogens is 362 g/mol. The van der Waals surface area contributed by atoms with Gasteiger partial charge in [0.2, 0.25) is 0 Å². The molecule has 2 aromatic carbocycles. The van der Waals surface area contributed by atoms with Gasteiger partial charge in [-0.2, -0.15) is 0 Å². The molecule has 0 saturated carbocycles. The second-order valence-electron chi connectivity index (χ2n) is 6.85. The van der Waals surface area contributed by atoms with Crippen LogP contribution in [0.2, 0.25) is 0 Å². The molecule has 0 spiro atoms. The lowest BCUT2D eigenvalue weighted by Gasteiger charge is -2.22. The van der Waals surface area contributed by atoms with Crippen LogP contribution in [0.25, 0.3) is 0 Å². The summed E-state index contributed by atoms with van der Waals surface area (Å²) in [6, 6.07) is 17.6. The van der Waals surface area contributed by atoms with Crippen molar-refractivity contribution in [1.82, 2.24) is 9.55 Å². The van der Waals surface area contributed by atoms with Gasteiger partial charge in [-0.25, -0.2) is 0 Å². The molecule has 0 amide bonds. The first-order valence-electron chi connectivity index (χ1n) is 8.81. The summed E-state index contributed by atoms with van der Waals surface area (Å²) in [4.78, 5) is 14.1. The molecule has 1 unspecified atom stereocenters. The smallest absolute Gasteiger partial charge is 0.415 e. The maximum atomic E-state index is 10.8. The van der Waals surface area contributed by atoms with Crippen molar-refractivity contribution >= 4 is 5.82 Å². The standard InChI is InChI=1S/C20H19N3O5/c1-20(13-22-11-18(23(24)25)21-19(22)28-20)14-27-17-9-7-16(8-10-17)26-12-15-5-3-2-4-6-15/h2-11H,12-14H2,1H3. The van der Waals surface area contributed by atoms with Crippen LogP contribution in [0.1, 0.15) is 12.5 Å². The second kappa shape index (κ2) is 7.22. The highest BCUT2D eigenvalue weighted by Crippen LogP contribution is 2.31. The van der Waals surface area contributed by atoms with Crippen LogP contribution in [0.15, 0.2) is 60.8 Å². The van der Waals surface area contributed by atoms with E-state index < -0.39 is 10.5 Å². The molecule has 144 valence electrons. The summed E-state index contributed by atoms with van der Waals surface area (Å²) < 4.78 is 19.0. The summed E-state index contributed by atoms with van der Waals surface area (Å²) in [6.07, 6.45) is 1.37. The van der Waals surface area contributed by atoms with Gasteiger partial charge in [-0.05, 0) is 41.7 Å². The van der Waals surface area contributed by atoms with E-state index in [2.05, 4.69) is 4.98 Å². The minimum Gasteiger partial charge on any atom is -0.489 e. The molecule has 3 aromatic rings. The number of benzene rings is 2. The average molecular weight is 381 g/mol. The van der Waals surface area contributed by atoms with Crippen molar-refractivity contribution in [1.29, 1.82) is 0 Å². The van der Waals surface area contributed by atoms with Crippen LogP contribution >= 0.6 is 0 Å². The van der Waals surface area contributed by atoms with E-state index in [1.807, 2.05) is 61.5 Å². The molecule has 0 N–H and O–H groups in total. The summed E-state index contributed by atoms with van der Waals surface area (Å²) in [7, 11) is 0. The zero-order valence-electron chi connectivity index (χ0n) is 15.3. The van der Waals surface area contributed by atoms with E-state index in [9.17, 15) is 10.1 Å². The van der Waals surface area contributed by atoms with Crippen LogP contribution in [0.4, 0.5) is 5.82 Å². The predicted molar refractivity (Wildman–Crippen MR) is 101 cm³/mol. The Kier molecular flexibility index (Phi) is 4.60. The molecule has 0 aliphatic carbocycles. The van der Waals surface area contributed by atoms with Crippen LogP contribution in [0, 0.1) is 10.1 Å². The minimum absolute atomic E-state index is 0.218. The van der Waals surface area contributed by atoms with E-state index >= 15 is 0 Å². The molecule has 1 atom stereocenters. The highest BCUT2D eigenvalue weighted by molar-refractivity contribution is 5.32. The number of rotatable bonds is 7. The van der Waals surface area contributed by atoms with Gasteiger partial charge in [0.15, 0.2) is 5.60 Å². The van der Waals surface area contributed by atoms with Gasteiger partial charge in [-0.1, -0.05) is 30.3 Å². The number of nitro groups is 1. The van der Waals surface area contributed by atoms with Crippen LogP contribution in [0.5, 0.6) is 17.5 Å². The van der Waals surface area contributed by atoms with E-state index in [1.165, 1.54) is 6.20 Å². The van der Waals surface area contributed by atoms with Gasteiger partial charge in [0, 0.05) is 4.98 Å². The third kappa shape index (κ3) is 3.90. The van der Waals surface area contributed by atoms with Gasteiger partial charge < -0.3 is 24.3 Å². The van der Waals surface area contributed by atoms with Crippen LogP contribution in [-0.2, 0) is 13.2 Å². The van der Waals surface area contributed by atoms with Gasteiger partial charge in [0.1, 0.15) is 30.9 Å². The topological polar surface area (TPSA) is 88.7 Å². The number of nitrogens with zero attached hydrogens (tertiary/aromatic N) is 3. The molecule has 8 heteroatoms. The molecule has 1 aliphatic rings. The number of aromatic nitrogens is 2. The van der Waals surface area contributed by atoms with Gasteiger partial charge in [0.05, 0.1) is 6.54 Å². The van der Waals surface area contributed by atoms with Gasteiger partial charge in [0.25, 0.3) is 0 Å². The zero-order valence-corrected chi connectivity index (χ0v) is 15.3. The molecule has 8 nitrogen and oxygen atoms in total. The van der Waals surface area contributed by atoms with Crippen LogP contribution in [0.3, 0.4) is 0 Å². The first kappa shape index (κ1) is 17.8. The van der Waals surface area contributed by atoms with E-state index in [4.69, 9.17) is 14.2 Å². The summed E-state index contributed by atoms with van der Waals surface area (Å²) in [6.45, 7) is 3.10. The third-order valence-electron chi connectivity index (χ3n) is 4.37. The molecule has 0 radical (unpaired) electrons. The fourth-order valence-electron chi connectivity index (χ4n) is 2.97. The molecule has 1 aliphatic heterocycles. The van der Waals surface area contributed by atoms with E-state index in [0.29, 0.717) is 18.9 Å². The molecule has 2 heterocycles. The summed E-state index contributed by atoms with van der Waals surface area (Å²) in [5.74, 6) is 1.23. The number of hydrogen-bond acceptors (Lipinski definition) is 6. The number of imidazole rings is 1. The zero-order chi connectivity index (χ0) is 19.6. The van der Waals surface area contributed by atoms with Crippen LogP contribution < -0.4 is 14.2 Å². The first-order chi connectivity index (χ1) is 13.5. The Labute approximate surface area is 161 Å². The molecule has 4 rings (SSSR count). The Morgan fingerprint density at radius 3 is 2.46 bits per heavy atom. The fraction of sp³-hybridized carbons (Fsp3) is 0.250. The molecule has 0 fully saturated rings. The minimum atomic E-state index is -0.639. The lowest BCUT2D eigenvalue weighted by atomic mass is 10.1. The maximum absolute atomic E-state index is 10.8. The lowest BCUT2D eigenvalue weighted by Crippen LogP contribution is -2.38. The largest absolute Gasteiger partial charge is 0.489 e. The Morgan fingerprint density at radius 1 is 1.14 bits per heavy atom. The number of fused-ring (bicyclic) bond motifs is 1. The van der Waals surface area contributed by atoms with Crippen molar-refractivity contribution in [3.63, 3.8) is 0 Å². The second-order valence-corrected chi connectivity index (χ2v) is 6.85. The van der Waals surface area contributed by atoms with E-state index in [0.717, 1.165) is 11.3 Å².